The molecule has 1 aliphatic rings. The first-order chi connectivity index (χ1) is 7.18. The lowest BCUT2D eigenvalue weighted by Crippen LogP contribution is -2.41. The van der Waals surface area contributed by atoms with E-state index in [1.165, 1.54) is 5.56 Å². The van der Waals surface area contributed by atoms with Crippen molar-refractivity contribution >= 4 is 5.91 Å². The van der Waals surface area contributed by atoms with Gasteiger partial charge in [0.05, 0.1) is 24.0 Å². The van der Waals surface area contributed by atoms with Crippen LogP contribution in [0.5, 0.6) is 0 Å². The highest BCUT2D eigenvalue weighted by molar-refractivity contribution is 5.81. The van der Waals surface area contributed by atoms with E-state index in [2.05, 4.69) is 15.5 Å². The molecule has 0 saturated carbocycles. The number of aryl methyl sites for hydroxylation is 1. The van der Waals surface area contributed by atoms with Gasteiger partial charge in [-0.2, -0.15) is 5.10 Å². The summed E-state index contributed by atoms with van der Waals surface area (Å²) in [5, 5.41) is 9.87. The van der Waals surface area contributed by atoms with Gasteiger partial charge >= 0.3 is 0 Å². The number of nitrogens with one attached hydrogen (secondary N) is 2. The average molecular weight is 208 g/mol. The number of fused-ring (bicyclic) bond motifs is 1. The Labute approximate surface area is 88.4 Å². The molecule has 0 saturated heterocycles. The highest BCUT2D eigenvalue weighted by atomic mass is 16.2. The van der Waals surface area contributed by atoms with Crippen molar-refractivity contribution < 1.29 is 4.79 Å². The number of H-pyrrole nitrogens is 1. The van der Waals surface area contributed by atoms with Crippen LogP contribution in [0.15, 0.2) is 6.20 Å². The molecule has 2 atom stereocenters. The van der Waals surface area contributed by atoms with Gasteiger partial charge in [0.25, 0.3) is 0 Å². The molecule has 1 aromatic rings. The normalized spacial score (nSPS) is 21.9. The number of nitrogens with two attached hydrogens (primary N) is 1. The summed E-state index contributed by atoms with van der Waals surface area (Å²) in [5.41, 5.74) is 7.75. The molecular weight excluding hydrogens is 192 g/mol. The monoisotopic (exact) mass is 208 g/mol. The fourth-order valence-electron chi connectivity index (χ4n) is 1.91. The third kappa shape index (κ3) is 2.02. The highest BCUT2D eigenvalue weighted by Crippen LogP contribution is 2.27. The fraction of sp³-hybridized carbons (Fsp3) is 0.600. The second-order valence-electron chi connectivity index (χ2n) is 4.05. The number of hydrogen-bond donors (Lipinski definition) is 3. The summed E-state index contributed by atoms with van der Waals surface area (Å²) in [4.78, 5) is 11.5. The van der Waals surface area contributed by atoms with Gasteiger partial charge in [-0.1, -0.05) is 0 Å². The highest BCUT2D eigenvalue weighted by Gasteiger charge is 2.24. The Hall–Kier alpha value is -1.36. The molecule has 5 nitrogen and oxygen atoms in total. The molecule has 5 heteroatoms. The quantitative estimate of drug-likeness (QED) is 0.651. The number of hydrogen-bond acceptors (Lipinski definition) is 3. The summed E-state index contributed by atoms with van der Waals surface area (Å²) >= 11 is 0. The van der Waals surface area contributed by atoms with Gasteiger partial charge in [0.1, 0.15) is 0 Å². The number of aromatic amines is 1. The lowest BCUT2D eigenvalue weighted by atomic mass is 9.93. The van der Waals surface area contributed by atoms with Crippen LogP contribution in [-0.2, 0) is 11.2 Å². The molecule has 1 amide bonds. The maximum absolute atomic E-state index is 11.5. The summed E-state index contributed by atoms with van der Waals surface area (Å²) in [6.07, 6.45) is 4.90. The molecule has 1 unspecified atom stereocenters. The van der Waals surface area contributed by atoms with E-state index in [4.69, 9.17) is 5.73 Å². The Bertz CT molecular complexity index is 358. The molecule has 0 aliphatic heterocycles. The topological polar surface area (TPSA) is 83.8 Å². The van der Waals surface area contributed by atoms with Crippen LogP contribution in [0.1, 0.15) is 37.1 Å². The van der Waals surface area contributed by atoms with Crippen molar-refractivity contribution in [3.8, 4) is 0 Å². The van der Waals surface area contributed by atoms with E-state index in [1.54, 1.807) is 6.92 Å². The Balaban J connectivity index is 2.10. The van der Waals surface area contributed by atoms with Gasteiger partial charge < -0.3 is 11.1 Å². The zero-order chi connectivity index (χ0) is 10.8. The molecule has 0 bridgehead atoms. The van der Waals surface area contributed by atoms with Crippen molar-refractivity contribution in [2.75, 3.05) is 0 Å². The van der Waals surface area contributed by atoms with Crippen molar-refractivity contribution in [1.82, 2.24) is 15.5 Å². The van der Waals surface area contributed by atoms with Crippen molar-refractivity contribution in [1.29, 1.82) is 0 Å². The average Bonchev–Trinajstić information content (AvgIpc) is 2.66. The number of carbonyl (C=O) groups is 1. The van der Waals surface area contributed by atoms with Gasteiger partial charge in [-0.05, 0) is 31.7 Å². The van der Waals surface area contributed by atoms with Crippen molar-refractivity contribution in [2.24, 2.45) is 5.73 Å². The first-order valence-corrected chi connectivity index (χ1v) is 5.26. The number of nitrogens with zero attached hydrogens (tertiary/aromatic N) is 1. The van der Waals surface area contributed by atoms with Gasteiger partial charge in [-0.15, -0.1) is 0 Å². The molecule has 2 rings (SSSR count). The number of carbonyl (C=O) groups excluding carboxylic acids is 1. The first-order valence-electron chi connectivity index (χ1n) is 5.26. The molecular formula is C10H16N4O. The van der Waals surface area contributed by atoms with Gasteiger partial charge in [-0.25, -0.2) is 0 Å². The number of rotatable bonds is 2. The van der Waals surface area contributed by atoms with Crippen LogP contribution in [0.4, 0.5) is 0 Å². The summed E-state index contributed by atoms with van der Waals surface area (Å²) in [7, 11) is 0. The molecule has 15 heavy (non-hydrogen) atoms. The molecule has 0 fully saturated rings. The maximum atomic E-state index is 11.5. The van der Waals surface area contributed by atoms with Crippen LogP contribution in [0.2, 0.25) is 0 Å². The van der Waals surface area contributed by atoms with Gasteiger partial charge in [-0.3, -0.25) is 9.89 Å². The molecule has 1 heterocycles. The predicted molar refractivity (Wildman–Crippen MR) is 56.1 cm³/mol. The molecule has 0 radical (unpaired) electrons. The van der Waals surface area contributed by atoms with E-state index < -0.39 is 6.04 Å². The van der Waals surface area contributed by atoms with Crippen LogP contribution in [0.3, 0.4) is 0 Å². The maximum Gasteiger partial charge on any atom is 0.237 e. The molecule has 82 valence electrons. The lowest BCUT2D eigenvalue weighted by molar-refractivity contribution is -0.122. The minimum absolute atomic E-state index is 0.0507. The second kappa shape index (κ2) is 4.02. The van der Waals surface area contributed by atoms with E-state index in [0.717, 1.165) is 25.0 Å². The fourth-order valence-corrected chi connectivity index (χ4v) is 1.91. The smallest absolute Gasteiger partial charge is 0.237 e. The first kappa shape index (κ1) is 10.2. The summed E-state index contributed by atoms with van der Waals surface area (Å²) in [6, 6.07) is -0.409. The summed E-state index contributed by atoms with van der Waals surface area (Å²) in [5.74, 6) is -0.109. The Morgan fingerprint density at radius 2 is 2.60 bits per heavy atom. The van der Waals surface area contributed by atoms with E-state index in [9.17, 15) is 4.79 Å². The van der Waals surface area contributed by atoms with Crippen LogP contribution in [0.25, 0.3) is 0 Å². The van der Waals surface area contributed by atoms with E-state index in [1.807, 2.05) is 6.20 Å². The van der Waals surface area contributed by atoms with Crippen LogP contribution < -0.4 is 11.1 Å². The summed E-state index contributed by atoms with van der Waals surface area (Å²) in [6.45, 7) is 1.69. The zero-order valence-corrected chi connectivity index (χ0v) is 8.79. The summed E-state index contributed by atoms with van der Waals surface area (Å²) < 4.78 is 0. The third-order valence-electron chi connectivity index (χ3n) is 2.77. The Kier molecular flexibility index (Phi) is 2.73. The minimum atomic E-state index is -0.460. The molecule has 4 N–H and O–H groups in total. The lowest BCUT2D eigenvalue weighted by Gasteiger charge is -2.23. The van der Waals surface area contributed by atoms with Crippen molar-refractivity contribution in [2.45, 2.75) is 38.3 Å². The molecule has 0 spiro atoms. The largest absolute Gasteiger partial charge is 0.346 e. The number of aromatic nitrogens is 2. The Morgan fingerprint density at radius 1 is 1.80 bits per heavy atom. The SMILES string of the molecule is C[C@@H](N)C(=O)NC1CCCc2cn[nH]c21. The van der Waals surface area contributed by atoms with E-state index in [-0.39, 0.29) is 11.9 Å². The minimum Gasteiger partial charge on any atom is -0.346 e. The van der Waals surface area contributed by atoms with Gasteiger partial charge in [0.15, 0.2) is 0 Å². The standard InChI is InChI=1S/C10H16N4O/c1-6(11)10(15)13-8-4-2-3-7-5-12-14-9(7)8/h5-6,8H,2-4,11H2,1H3,(H,12,14)(H,13,15)/t6-,8?/m1/s1. The van der Waals surface area contributed by atoms with E-state index >= 15 is 0 Å². The van der Waals surface area contributed by atoms with Crippen LogP contribution in [0, 0.1) is 0 Å². The second-order valence-corrected chi connectivity index (χ2v) is 4.05. The molecule has 0 aromatic carbocycles. The number of amides is 1. The zero-order valence-electron chi connectivity index (χ0n) is 8.79. The molecule has 1 aliphatic carbocycles. The van der Waals surface area contributed by atoms with E-state index in [0.29, 0.717) is 0 Å². The van der Waals surface area contributed by atoms with Crippen molar-refractivity contribution in [3.05, 3.63) is 17.5 Å². The Morgan fingerprint density at radius 3 is 3.33 bits per heavy atom. The third-order valence-corrected chi connectivity index (χ3v) is 2.77. The van der Waals surface area contributed by atoms with Crippen LogP contribution >= 0.6 is 0 Å². The van der Waals surface area contributed by atoms with Crippen molar-refractivity contribution in [3.63, 3.8) is 0 Å². The molecule has 1 aromatic heterocycles. The predicted octanol–water partition coefficient (Wildman–Crippen LogP) is 0.250. The van der Waals surface area contributed by atoms with Gasteiger partial charge in [0, 0.05) is 0 Å². The van der Waals surface area contributed by atoms with Gasteiger partial charge in [0.2, 0.25) is 5.91 Å². The van der Waals surface area contributed by atoms with Crippen LogP contribution in [-0.4, -0.2) is 22.1 Å².